The molecule has 1 aromatic carbocycles. The Hall–Kier alpha value is -2.27. The van der Waals surface area contributed by atoms with E-state index in [-0.39, 0.29) is 11.9 Å². The molecule has 0 aliphatic carbocycles. The van der Waals surface area contributed by atoms with Crippen LogP contribution < -0.4 is 5.32 Å². The molecule has 1 amide bonds. The Kier molecular flexibility index (Phi) is 4.79. The molecule has 2 N–H and O–H groups in total. The van der Waals surface area contributed by atoms with Crippen molar-refractivity contribution in [3.8, 4) is 0 Å². The molecule has 5 heteroatoms. The van der Waals surface area contributed by atoms with Crippen LogP contribution in [0.25, 0.3) is 0 Å². The number of benzene rings is 1. The van der Waals surface area contributed by atoms with Crippen LogP contribution in [0.1, 0.15) is 35.4 Å². The number of carbonyl (C=O) groups is 1. The number of hydrogen-bond acceptors (Lipinski definition) is 4. The fourth-order valence-electron chi connectivity index (χ4n) is 1.94. The van der Waals surface area contributed by atoms with Gasteiger partial charge in [0, 0.05) is 6.04 Å². The van der Waals surface area contributed by atoms with E-state index in [0.717, 1.165) is 5.56 Å². The van der Waals surface area contributed by atoms with Crippen LogP contribution in [-0.4, -0.2) is 27.3 Å². The number of nitrogens with one attached hydrogen (secondary N) is 1. The van der Waals surface area contributed by atoms with Gasteiger partial charge >= 0.3 is 0 Å². The van der Waals surface area contributed by atoms with Crippen LogP contribution in [0, 0.1) is 0 Å². The fraction of sp³-hybridized carbons (Fsp3) is 0.267. The molecule has 0 aliphatic heterocycles. The summed E-state index contributed by atoms with van der Waals surface area (Å²) in [6.07, 6.45) is 2.74. The van der Waals surface area contributed by atoms with E-state index in [4.69, 9.17) is 0 Å². The summed E-state index contributed by atoms with van der Waals surface area (Å²) < 4.78 is 0. The van der Waals surface area contributed by atoms with E-state index >= 15 is 0 Å². The van der Waals surface area contributed by atoms with Crippen molar-refractivity contribution in [2.75, 3.05) is 0 Å². The SMILES string of the molecule is CC(CC(O)c1ccccc1)NC(=O)c1ccnnc1. The van der Waals surface area contributed by atoms with Gasteiger partial charge in [0.2, 0.25) is 0 Å². The van der Waals surface area contributed by atoms with Crippen molar-refractivity contribution >= 4 is 5.91 Å². The first-order chi connectivity index (χ1) is 9.66. The molecule has 1 aromatic heterocycles. The Bertz CT molecular complexity index is 546. The van der Waals surface area contributed by atoms with Crippen LogP contribution in [0.4, 0.5) is 0 Å². The lowest BCUT2D eigenvalue weighted by Gasteiger charge is -2.18. The van der Waals surface area contributed by atoms with Crippen LogP contribution in [0.5, 0.6) is 0 Å². The summed E-state index contributed by atoms with van der Waals surface area (Å²) in [4.78, 5) is 11.9. The summed E-state index contributed by atoms with van der Waals surface area (Å²) in [5.41, 5.74) is 1.31. The molecular formula is C15H17N3O2. The van der Waals surface area contributed by atoms with Gasteiger partial charge < -0.3 is 10.4 Å². The minimum Gasteiger partial charge on any atom is -0.388 e. The fourth-order valence-corrected chi connectivity index (χ4v) is 1.94. The summed E-state index contributed by atoms with van der Waals surface area (Å²) in [5, 5.41) is 20.2. The van der Waals surface area contributed by atoms with Crippen molar-refractivity contribution in [3.63, 3.8) is 0 Å². The number of amides is 1. The van der Waals surface area contributed by atoms with E-state index in [2.05, 4.69) is 15.5 Å². The Morgan fingerprint density at radius 3 is 2.65 bits per heavy atom. The molecule has 2 aromatic rings. The van der Waals surface area contributed by atoms with Gasteiger partial charge in [0.1, 0.15) is 0 Å². The minimum absolute atomic E-state index is 0.147. The molecule has 2 atom stereocenters. The van der Waals surface area contributed by atoms with E-state index in [1.165, 1.54) is 12.4 Å². The monoisotopic (exact) mass is 271 g/mol. The van der Waals surface area contributed by atoms with Crippen molar-refractivity contribution in [2.24, 2.45) is 0 Å². The number of nitrogens with zero attached hydrogens (tertiary/aromatic N) is 2. The maximum atomic E-state index is 11.9. The van der Waals surface area contributed by atoms with Gasteiger partial charge in [-0.05, 0) is 25.0 Å². The second-order valence-electron chi connectivity index (χ2n) is 4.67. The lowest BCUT2D eigenvalue weighted by molar-refractivity contribution is 0.0916. The summed E-state index contributed by atoms with van der Waals surface area (Å²) in [6.45, 7) is 1.86. The number of aromatic nitrogens is 2. The van der Waals surface area contributed by atoms with Gasteiger partial charge in [0.25, 0.3) is 5.91 Å². The molecule has 0 saturated carbocycles. The van der Waals surface area contributed by atoms with E-state index in [9.17, 15) is 9.90 Å². The lowest BCUT2D eigenvalue weighted by atomic mass is 10.0. The van der Waals surface area contributed by atoms with Crippen molar-refractivity contribution < 1.29 is 9.90 Å². The van der Waals surface area contributed by atoms with E-state index in [1.54, 1.807) is 6.07 Å². The Morgan fingerprint density at radius 2 is 2.00 bits per heavy atom. The standard InChI is InChI=1S/C15H17N3O2/c1-11(9-14(19)12-5-3-2-4-6-12)18-15(20)13-7-8-16-17-10-13/h2-8,10-11,14,19H,9H2,1H3,(H,18,20). The highest BCUT2D eigenvalue weighted by Gasteiger charge is 2.15. The van der Waals surface area contributed by atoms with Gasteiger partial charge in [-0.1, -0.05) is 30.3 Å². The largest absolute Gasteiger partial charge is 0.388 e. The van der Waals surface area contributed by atoms with Crippen LogP contribution in [0.2, 0.25) is 0 Å². The highest BCUT2D eigenvalue weighted by atomic mass is 16.3. The number of hydrogen-bond donors (Lipinski definition) is 2. The third-order valence-corrected chi connectivity index (χ3v) is 2.99. The van der Waals surface area contributed by atoms with E-state index in [0.29, 0.717) is 12.0 Å². The zero-order chi connectivity index (χ0) is 14.4. The molecule has 2 rings (SSSR count). The molecule has 0 radical (unpaired) electrons. The highest BCUT2D eigenvalue weighted by Crippen LogP contribution is 2.17. The molecule has 104 valence electrons. The topological polar surface area (TPSA) is 75.1 Å². The van der Waals surface area contributed by atoms with Crippen LogP contribution in [0.3, 0.4) is 0 Å². The first-order valence-corrected chi connectivity index (χ1v) is 6.47. The minimum atomic E-state index is -0.595. The molecule has 0 aliphatic rings. The summed E-state index contributed by atoms with van der Waals surface area (Å²) >= 11 is 0. The first kappa shape index (κ1) is 14.1. The number of rotatable bonds is 5. The van der Waals surface area contributed by atoms with Crippen LogP contribution >= 0.6 is 0 Å². The van der Waals surface area contributed by atoms with Gasteiger partial charge in [0.15, 0.2) is 0 Å². The Labute approximate surface area is 117 Å². The zero-order valence-corrected chi connectivity index (χ0v) is 11.2. The molecule has 0 spiro atoms. The number of carbonyl (C=O) groups excluding carboxylic acids is 1. The highest BCUT2D eigenvalue weighted by molar-refractivity contribution is 5.93. The van der Waals surface area contributed by atoms with Gasteiger partial charge in [0.05, 0.1) is 24.1 Å². The quantitative estimate of drug-likeness (QED) is 0.868. The summed E-state index contributed by atoms with van der Waals surface area (Å²) in [6, 6.07) is 10.8. The van der Waals surface area contributed by atoms with Crippen LogP contribution in [0.15, 0.2) is 48.8 Å². The normalized spacial score (nSPS) is 13.5. The first-order valence-electron chi connectivity index (χ1n) is 6.47. The summed E-state index contributed by atoms with van der Waals surface area (Å²) in [7, 11) is 0. The Balaban J connectivity index is 1.90. The van der Waals surface area contributed by atoms with Gasteiger partial charge in [-0.2, -0.15) is 10.2 Å². The van der Waals surface area contributed by atoms with Crippen molar-refractivity contribution in [1.29, 1.82) is 0 Å². The van der Waals surface area contributed by atoms with Gasteiger partial charge in [-0.3, -0.25) is 4.79 Å². The second kappa shape index (κ2) is 6.77. The number of aliphatic hydroxyl groups is 1. The Morgan fingerprint density at radius 1 is 1.25 bits per heavy atom. The zero-order valence-electron chi connectivity index (χ0n) is 11.2. The number of aliphatic hydroxyl groups excluding tert-OH is 1. The predicted octanol–water partition coefficient (Wildman–Crippen LogP) is 1.72. The maximum absolute atomic E-state index is 11.9. The third-order valence-electron chi connectivity index (χ3n) is 2.99. The molecule has 5 nitrogen and oxygen atoms in total. The van der Waals surface area contributed by atoms with Gasteiger partial charge in [-0.25, -0.2) is 0 Å². The predicted molar refractivity (Wildman–Crippen MR) is 75.0 cm³/mol. The summed E-state index contributed by atoms with van der Waals surface area (Å²) in [5.74, 6) is -0.215. The molecular weight excluding hydrogens is 254 g/mol. The van der Waals surface area contributed by atoms with Gasteiger partial charge in [-0.15, -0.1) is 0 Å². The second-order valence-corrected chi connectivity index (χ2v) is 4.67. The molecule has 0 fully saturated rings. The van der Waals surface area contributed by atoms with Crippen molar-refractivity contribution in [1.82, 2.24) is 15.5 Å². The molecule has 2 unspecified atom stereocenters. The van der Waals surface area contributed by atoms with E-state index in [1.807, 2.05) is 37.3 Å². The van der Waals surface area contributed by atoms with Crippen LogP contribution in [-0.2, 0) is 0 Å². The molecule has 1 heterocycles. The van der Waals surface area contributed by atoms with E-state index < -0.39 is 6.10 Å². The lowest BCUT2D eigenvalue weighted by Crippen LogP contribution is -2.33. The van der Waals surface area contributed by atoms with Crippen molar-refractivity contribution in [3.05, 3.63) is 59.9 Å². The average Bonchev–Trinajstić information content (AvgIpc) is 2.49. The molecule has 0 saturated heterocycles. The molecule has 20 heavy (non-hydrogen) atoms. The maximum Gasteiger partial charge on any atom is 0.253 e. The third kappa shape index (κ3) is 3.86. The smallest absolute Gasteiger partial charge is 0.253 e. The molecule has 0 bridgehead atoms. The average molecular weight is 271 g/mol. The van der Waals surface area contributed by atoms with Crippen molar-refractivity contribution in [2.45, 2.75) is 25.5 Å².